The molecule has 2 aliphatic heterocycles. The first kappa shape index (κ1) is 21.1. The zero-order valence-corrected chi connectivity index (χ0v) is 17.5. The number of benzene rings is 2. The molecule has 1 atom stereocenters. The number of nitrogens with zero attached hydrogens (tertiary/aromatic N) is 2. The number of amides is 1. The molecule has 1 amide bonds. The van der Waals surface area contributed by atoms with Crippen molar-refractivity contribution in [3.05, 3.63) is 70.8 Å². The van der Waals surface area contributed by atoms with Crippen molar-refractivity contribution in [3.63, 3.8) is 0 Å². The van der Waals surface area contributed by atoms with Gasteiger partial charge in [0.15, 0.2) is 0 Å². The lowest BCUT2D eigenvalue weighted by atomic mass is 9.95. The Morgan fingerprint density at radius 2 is 1.77 bits per heavy atom. The van der Waals surface area contributed by atoms with Gasteiger partial charge in [-0.2, -0.15) is 0 Å². The Labute approximate surface area is 181 Å². The number of ether oxygens (including phenoxy) is 1. The smallest absolute Gasteiger partial charge is 0.295 e. The van der Waals surface area contributed by atoms with Crippen molar-refractivity contribution in [3.8, 4) is 5.75 Å². The van der Waals surface area contributed by atoms with Gasteiger partial charge in [-0.3, -0.25) is 14.5 Å². The van der Waals surface area contributed by atoms with Crippen LogP contribution in [-0.4, -0.2) is 71.1 Å². The van der Waals surface area contributed by atoms with Gasteiger partial charge >= 0.3 is 0 Å². The SMILES string of the molecule is Cc1ccc(/C(O)=C2/C(=O)C(=O)N(CCN3CCOCC3)[C@H]2c2cccc(O)c2)cc1. The van der Waals surface area contributed by atoms with Crippen LogP contribution in [0.1, 0.15) is 22.7 Å². The number of hydrogen-bond donors (Lipinski definition) is 2. The molecular formula is C24H26N2O5. The largest absolute Gasteiger partial charge is 0.508 e. The van der Waals surface area contributed by atoms with E-state index in [0.717, 1.165) is 18.7 Å². The van der Waals surface area contributed by atoms with Gasteiger partial charge in [0.25, 0.3) is 11.7 Å². The van der Waals surface area contributed by atoms with E-state index in [1.807, 2.05) is 19.1 Å². The number of hydrogen-bond acceptors (Lipinski definition) is 6. The Morgan fingerprint density at radius 3 is 2.45 bits per heavy atom. The fourth-order valence-corrected chi connectivity index (χ4v) is 4.09. The van der Waals surface area contributed by atoms with E-state index in [1.165, 1.54) is 17.0 Å². The second kappa shape index (κ2) is 8.91. The van der Waals surface area contributed by atoms with E-state index in [0.29, 0.717) is 37.4 Å². The summed E-state index contributed by atoms with van der Waals surface area (Å²) in [6.45, 7) is 5.67. The number of aliphatic hydroxyl groups excluding tert-OH is 1. The van der Waals surface area contributed by atoms with E-state index in [2.05, 4.69) is 4.90 Å². The predicted molar refractivity (Wildman–Crippen MR) is 116 cm³/mol. The second-order valence-corrected chi connectivity index (χ2v) is 7.91. The molecule has 2 aromatic rings. The number of morpholine rings is 1. The number of phenols is 1. The molecule has 31 heavy (non-hydrogen) atoms. The highest BCUT2D eigenvalue weighted by Gasteiger charge is 2.46. The van der Waals surface area contributed by atoms with Gasteiger partial charge in [0.2, 0.25) is 0 Å². The summed E-state index contributed by atoms with van der Waals surface area (Å²) in [6, 6.07) is 12.8. The first-order valence-corrected chi connectivity index (χ1v) is 10.4. The molecule has 0 bridgehead atoms. The minimum atomic E-state index is -0.769. The van der Waals surface area contributed by atoms with E-state index in [4.69, 9.17) is 4.74 Å². The molecule has 7 nitrogen and oxygen atoms in total. The van der Waals surface area contributed by atoms with Crippen molar-refractivity contribution in [2.45, 2.75) is 13.0 Å². The van der Waals surface area contributed by atoms with E-state index < -0.39 is 17.7 Å². The predicted octanol–water partition coefficient (Wildman–Crippen LogP) is 2.45. The highest BCUT2D eigenvalue weighted by atomic mass is 16.5. The topological polar surface area (TPSA) is 90.3 Å². The second-order valence-electron chi connectivity index (χ2n) is 7.91. The number of phenolic OH excluding ortho intramolecular Hbond substituents is 1. The van der Waals surface area contributed by atoms with Crippen molar-refractivity contribution in [2.24, 2.45) is 0 Å². The van der Waals surface area contributed by atoms with Gasteiger partial charge in [-0.15, -0.1) is 0 Å². The Bertz CT molecular complexity index is 1010. The van der Waals surface area contributed by atoms with Crippen LogP contribution in [0.3, 0.4) is 0 Å². The minimum absolute atomic E-state index is 0.0339. The molecule has 2 fully saturated rings. The average Bonchev–Trinajstić information content (AvgIpc) is 3.03. The van der Waals surface area contributed by atoms with E-state index >= 15 is 0 Å². The number of ketones is 1. The monoisotopic (exact) mass is 422 g/mol. The number of likely N-dealkylation sites (tertiary alicyclic amines) is 1. The summed E-state index contributed by atoms with van der Waals surface area (Å²) in [6.07, 6.45) is 0. The minimum Gasteiger partial charge on any atom is -0.508 e. The van der Waals surface area contributed by atoms with Crippen LogP contribution in [-0.2, 0) is 14.3 Å². The van der Waals surface area contributed by atoms with Crippen LogP contribution in [0.2, 0.25) is 0 Å². The Balaban J connectivity index is 1.73. The quantitative estimate of drug-likeness (QED) is 0.437. The normalized spacial score (nSPS) is 21.6. The first-order valence-electron chi connectivity index (χ1n) is 10.4. The molecule has 0 radical (unpaired) electrons. The summed E-state index contributed by atoms with van der Waals surface area (Å²) in [5, 5.41) is 21.0. The van der Waals surface area contributed by atoms with Crippen molar-refractivity contribution < 1.29 is 24.5 Å². The molecule has 2 aliphatic rings. The number of aliphatic hydroxyl groups is 1. The summed E-state index contributed by atoms with van der Waals surface area (Å²) in [5.74, 6) is -1.53. The number of rotatable bonds is 5. The summed E-state index contributed by atoms with van der Waals surface area (Å²) < 4.78 is 5.37. The number of carbonyl (C=O) groups excluding carboxylic acids is 2. The molecule has 7 heteroatoms. The molecular weight excluding hydrogens is 396 g/mol. The number of aryl methyl sites for hydroxylation is 1. The fraction of sp³-hybridized carbons (Fsp3) is 0.333. The van der Waals surface area contributed by atoms with E-state index in [9.17, 15) is 19.8 Å². The molecule has 0 saturated carbocycles. The van der Waals surface area contributed by atoms with Crippen molar-refractivity contribution in [1.82, 2.24) is 9.80 Å². The zero-order chi connectivity index (χ0) is 22.0. The average molecular weight is 422 g/mol. The Morgan fingerprint density at radius 1 is 1.06 bits per heavy atom. The van der Waals surface area contributed by atoms with Gasteiger partial charge in [-0.05, 0) is 24.6 Å². The summed E-state index contributed by atoms with van der Waals surface area (Å²) in [5.41, 5.74) is 2.12. The molecule has 2 N–H and O–H groups in total. The van der Waals surface area contributed by atoms with Crippen molar-refractivity contribution in [2.75, 3.05) is 39.4 Å². The van der Waals surface area contributed by atoms with Gasteiger partial charge in [-0.25, -0.2) is 0 Å². The molecule has 0 spiro atoms. The maximum Gasteiger partial charge on any atom is 0.295 e. The molecule has 2 saturated heterocycles. The van der Waals surface area contributed by atoms with Crippen molar-refractivity contribution >= 4 is 17.4 Å². The Hall–Kier alpha value is -3.16. The molecule has 0 aliphatic carbocycles. The highest BCUT2D eigenvalue weighted by Crippen LogP contribution is 2.40. The number of aromatic hydroxyl groups is 1. The summed E-state index contributed by atoms with van der Waals surface area (Å²) in [4.78, 5) is 29.7. The van der Waals surface area contributed by atoms with Crippen molar-refractivity contribution in [1.29, 1.82) is 0 Å². The van der Waals surface area contributed by atoms with Crippen LogP contribution in [0.5, 0.6) is 5.75 Å². The van der Waals surface area contributed by atoms with Gasteiger partial charge in [0, 0.05) is 31.7 Å². The third-order valence-corrected chi connectivity index (χ3v) is 5.81. The molecule has 162 valence electrons. The van der Waals surface area contributed by atoms with Crippen LogP contribution in [0.15, 0.2) is 54.1 Å². The Kier molecular flexibility index (Phi) is 6.06. The first-order chi connectivity index (χ1) is 15.0. The maximum atomic E-state index is 13.0. The third-order valence-electron chi connectivity index (χ3n) is 5.81. The van der Waals surface area contributed by atoms with Crippen LogP contribution in [0.4, 0.5) is 0 Å². The van der Waals surface area contributed by atoms with E-state index in [-0.39, 0.29) is 17.1 Å². The maximum absolute atomic E-state index is 13.0. The van der Waals surface area contributed by atoms with Crippen LogP contribution < -0.4 is 0 Å². The molecule has 2 aromatic carbocycles. The van der Waals surface area contributed by atoms with Gasteiger partial charge in [0.05, 0.1) is 24.8 Å². The molecule has 2 heterocycles. The lowest BCUT2D eigenvalue weighted by Gasteiger charge is -2.31. The van der Waals surface area contributed by atoms with Crippen LogP contribution in [0, 0.1) is 6.92 Å². The molecule has 0 unspecified atom stereocenters. The number of Topliss-reactive ketones (excluding diaryl/α,β-unsaturated/α-hetero) is 1. The standard InChI is InChI=1S/C24H26N2O5/c1-16-5-7-17(8-6-16)22(28)20-21(18-3-2-4-19(27)15-18)26(24(30)23(20)29)10-9-25-11-13-31-14-12-25/h2-8,15,21,27-28H,9-14H2,1H3/b22-20-/t21-/m0/s1. The van der Waals surface area contributed by atoms with Gasteiger partial charge in [0.1, 0.15) is 11.5 Å². The summed E-state index contributed by atoms with van der Waals surface area (Å²) >= 11 is 0. The summed E-state index contributed by atoms with van der Waals surface area (Å²) in [7, 11) is 0. The zero-order valence-electron chi connectivity index (χ0n) is 17.5. The van der Waals surface area contributed by atoms with Gasteiger partial charge in [-0.1, -0.05) is 42.0 Å². The molecule has 0 aromatic heterocycles. The van der Waals surface area contributed by atoms with Crippen LogP contribution >= 0.6 is 0 Å². The number of carbonyl (C=O) groups is 2. The van der Waals surface area contributed by atoms with Gasteiger partial charge < -0.3 is 19.8 Å². The fourth-order valence-electron chi connectivity index (χ4n) is 4.09. The van der Waals surface area contributed by atoms with E-state index in [1.54, 1.807) is 24.3 Å². The lowest BCUT2D eigenvalue weighted by molar-refractivity contribution is -0.140. The highest BCUT2D eigenvalue weighted by molar-refractivity contribution is 6.46. The third kappa shape index (κ3) is 4.33. The van der Waals surface area contributed by atoms with Crippen LogP contribution in [0.25, 0.3) is 5.76 Å². The lowest BCUT2D eigenvalue weighted by Crippen LogP contribution is -2.42. The molecule has 4 rings (SSSR count).